The van der Waals surface area contributed by atoms with Crippen molar-refractivity contribution in [3.63, 3.8) is 0 Å². The Labute approximate surface area is 132 Å². The lowest BCUT2D eigenvalue weighted by atomic mass is 10.1. The number of anilines is 1. The maximum absolute atomic E-state index is 11.3. The zero-order valence-corrected chi connectivity index (χ0v) is 12.7. The molecule has 8 nitrogen and oxygen atoms in total. The van der Waals surface area contributed by atoms with Crippen molar-refractivity contribution in [2.24, 2.45) is 0 Å². The van der Waals surface area contributed by atoms with E-state index in [4.69, 9.17) is 0 Å². The number of hydrogen-bond donors (Lipinski definition) is 1. The molecule has 2 heterocycles. The standard InChI is InChI=1S/C15H17N5O3/c1-18-6-8-19(9-7-18)11-2-4-14(20(22)23)12(10-11)13-3-5-15(21)17-16-13/h2-5,10H,6-9H2,1H3,(H,17,21). The van der Waals surface area contributed by atoms with Gasteiger partial charge in [0.25, 0.3) is 11.2 Å². The number of H-pyrrole nitrogens is 1. The summed E-state index contributed by atoms with van der Waals surface area (Å²) in [5.41, 5.74) is 1.34. The Morgan fingerprint density at radius 2 is 1.91 bits per heavy atom. The van der Waals surface area contributed by atoms with Crippen molar-refractivity contribution in [2.75, 3.05) is 38.1 Å². The van der Waals surface area contributed by atoms with Gasteiger partial charge in [-0.05, 0) is 25.2 Å². The van der Waals surface area contributed by atoms with Crippen LogP contribution in [0.5, 0.6) is 0 Å². The lowest BCUT2D eigenvalue weighted by Gasteiger charge is -2.34. The van der Waals surface area contributed by atoms with Crippen LogP contribution in [0.1, 0.15) is 0 Å². The summed E-state index contributed by atoms with van der Waals surface area (Å²) >= 11 is 0. The van der Waals surface area contributed by atoms with Gasteiger partial charge in [0, 0.05) is 44.0 Å². The van der Waals surface area contributed by atoms with Crippen molar-refractivity contribution >= 4 is 11.4 Å². The van der Waals surface area contributed by atoms with E-state index in [1.54, 1.807) is 12.1 Å². The van der Waals surface area contributed by atoms with Crippen LogP contribution in [0.15, 0.2) is 35.1 Å². The minimum absolute atomic E-state index is 0.0255. The van der Waals surface area contributed by atoms with Crippen LogP contribution in [-0.2, 0) is 0 Å². The molecule has 1 aromatic heterocycles. The highest BCUT2D eigenvalue weighted by Gasteiger charge is 2.20. The summed E-state index contributed by atoms with van der Waals surface area (Å²) in [5, 5.41) is 17.5. The van der Waals surface area contributed by atoms with Crippen LogP contribution < -0.4 is 10.5 Å². The first-order chi connectivity index (χ1) is 11.0. The predicted molar refractivity (Wildman–Crippen MR) is 86.7 cm³/mol. The van der Waals surface area contributed by atoms with Gasteiger partial charge in [-0.25, -0.2) is 5.10 Å². The Hall–Kier alpha value is -2.74. The third kappa shape index (κ3) is 3.21. The normalized spacial score (nSPS) is 15.6. The van der Waals surface area contributed by atoms with Crippen molar-refractivity contribution in [2.45, 2.75) is 0 Å². The van der Waals surface area contributed by atoms with E-state index < -0.39 is 4.92 Å². The quantitative estimate of drug-likeness (QED) is 0.673. The summed E-state index contributed by atoms with van der Waals surface area (Å²) in [6.45, 7) is 3.63. The molecule has 23 heavy (non-hydrogen) atoms. The number of aromatic amines is 1. The topological polar surface area (TPSA) is 95.4 Å². The van der Waals surface area contributed by atoms with Crippen LogP contribution in [0.25, 0.3) is 11.3 Å². The van der Waals surface area contributed by atoms with Crippen molar-refractivity contribution in [3.05, 3.63) is 50.8 Å². The molecule has 1 fully saturated rings. The van der Waals surface area contributed by atoms with Gasteiger partial charge >= 0.3 is 0 Å². The fourth-order valence-corrected chi connectivity index (χ4v) is 2.64. The molecule has 8 heteroatoms. The van der Waals surface area contributed by atoms with Crippen molar-refractivity contribution < 1.29 is 4.92 Å². The second kappa shape index (κ2) is 6.17. The first kappa shape index (κ1) is 15.2. The zero-order valence-electron chi connectivity index (χ0n) is 12.7. The minimum atomic E-state index is -0.435. The molecule has 0 aliphatic carbocycles. The van der Waals surface area contributed by atoms with Gasteiger partial charge in [0.05, 0.1) is 16.2 Å². The number of nitrogens with one attached hydrogen (secondary N) is 1. The van der Waals surface area contributed by atoms with E-state index in [0.29, 0.717) is 11.3 Å². The van der Waals surface area contributed by atoms with Gasteiger partial charge in [-0.3, -0.25) is 14.9 Å². The molecule has 0 atom stereocenters. The summed E-state index contributed by atoms with van der Waals surface area (Å²) in [4.78, 5) is 26.4. The van der Waals surface area contributed by atoms with Gasteiger partial charge in [-0.1, -0.05) is 0 Å². The Kier molecular flexibility index (Phi) is 4.07. The van der Waals surface area contributed by atoms with E-state index in [1.165, 1.54) is 18.2 Å². The number of piperazine rings is 1. The molecule has 0 unspecified atom stereocenters. The highest BCUT2D eigenvalue weighted by molar-refractivity contribution is 5.75. The van der Waals surface area contributed by atoms with E-state index >= 15 is 0 Å². The average molecular weight is 315 g/mol. The Bertz CT molecular complexity index is 760. The molecule has 1 aliphatic rings. The van der Waals surface area contributed by atoms with E-state index in [9.17, 15) is 14.9 Å². The number of aromatic nitrogens is 2. The molecule has 1 saturated heterocycles. The largest absolute Gasteiger partial charge is 0.369 e. The summed E-state index contributed by atoms with van der Waals surface area (Å²) in [5.74, 6) is 0. The van der Waals surface area contributed by atoms with E-state index in [1.807, 2.05) is 0 Å². The number of nitro groups is 1. The lowest BCUT2D eigenvalue weighted by Crippen LogP contribution is -2.44. The fourth-order valence-electron chi connectivity index (χ4n) is 2.64. The van der Waals surface area contributed by atoms with E-state index in [0.717, 1.165) is 31.9 Å². The molecule has 3 rings (SSSR count). The van der Waals surface area contributed by atoms with E-state index in [2.05, 4.69) is 27.0 Å². The van der Waals surface area contributed by atoms with Gasteiger partial charge < -0.3 is 9.80 Å². The van der Waals surface area contributed by atoms with Gasteiger partial charge in [0.1, 0.15) is 0 Å². The lowest BCUT2D eigenvalue weighted by molar-refractivity contribution is -0.384. The fraction of sp³-hybridized carbons (Fsp3) is 0.333. The smallest absolute Gasteiger partial charge is 0.278 e. The van der Waals surface area contributed by atoms with Gasteiger partial charge in [-0.2, -0.15) is 5.10 Å². The molecule has 1 aromatic carbocycles. The summed E-state index contributed by atoms with van der Waals surface area (Å²) in [6, 6.07) is 7.84. The maximum Gasteiger partial charge on any atom is 0.278 e. The zero-order chi connectivity index (χ0) is 16.4. The Balaban J connectivity index is 2.01. The number of rotatable bonds is 3. The van der Waals surface area contributed by atoms with Crippen molar-refractivity contribution in [3.8, 4) is 11.3 Å². The van der Waals surface area contributed by atoms with Crippen LogP contribution in [-0.4, -0.2) is 53.2 Å². The monoisotopic (exact) mass is 315 g/mol. The van der Waals surface area contributed by atoms with Crippen LogP contribution in [0.4, 0.5) is 11.4 Å². The molecule has 0 amide bonds. The maximum atomic E-state index is 11.3. The van der Waals surface area contributed by atoms with Crippen LogP contribution in [0.3, 0.4) is 0 Å². The first-order valence-corrected chi connectivity index (χ1v) is 7.32. The molecule has 0 radical (unpaired) electrons. The minimum Gasteiger partial charge on any atom is -0.369 e. The molecule has 1 N–H and O–H groups in total. The molecule has 0 spiro atoms. The van der Waals surface area contributed by atoms with E-state index in [-0.39, 0.29) is 11.2 Å². The van der Waals surface area contributed by atoms with Crippen molar-refractivity contribution in [1.82, 2.24) is 15.1 Å². The summed E-state index contributed by atoms with van der Waals surface area (Å²) in [7, 11) is 2.07. The number of nitro benzene ring substituents is 1. The summed E-state index contributed by atoms with van der Waals surface area (Å²) in [6.07, 6.45) is 0. The molecule has 2 aromatic rings. The second-order valence-corrected chi connectivity index (χ2v) is 5.56. The summed E-state index contributed by atoms with van der Waals surface area (Å²) < 4.78 is 0. The third-order valence-corrected chi connectivity index (χ3v) is 4.00. The molecule has 0 bridgehead atoms. The molecule has 0 saturated carbocycles. The third-order valence-electron chi connectivity index (χ3n) is 4.00. The van der Waals surface area contributed by atoms with Gasteiger partial charge in [0.2, 0.25) is 0 Å². The van der Waals surface area contributed by atoms with Crippen LogP contribution in [0.2, 0.25) is 0 Å². The highest BCUT2D eigenvalue weighted by atomic mass is 16.6. The SMILES string of the molecule is CN1CCN(c2ccc([N+](=O)[O-])c(-c3ccc(=O)[nH]n3)c2)CC1. The second-order valence-electron chi connectivity index (χ2n) is 5.56. The average Bonchev–Trinajstić information content (AvgIpc) is 2.55. The predicted octanol–water partition coefficient (Wildman–Crippen LogP) is 1.10. The molecular weight excluding hydrogens is 298 g/mol. The Morgan fingerprint density at radius 1 is 1.17 bits per heavy atom. The molecular formula is C15H17N5O3. The molecule has 1 aliphatic heterocycles. The number of hydrogen-bond acceptors (Lipinski definition) is 6. The van der Waals surface area contributed by atoms with Gasteiger partial charge in [-0.15, -0.1) is 0 Å². The Morgan fingerprint density at radius 3 is 2.52 bits per heavy atom. The highest BCUT2D eigenvalue weighted by Crippen LogP contribution is 2.32. The first-order valence-electron chi connectivity index (χ1n) is 7.32. The van der Waals surface area contributed by atoms with Crippen molar-refractivity contribution in [1.29, 1.82) is 0 Å². The number of nitrogens with zero attached hydrogens (tertiary/aromatic N) is 4. The molecule has 120 valence electrons. The number of benzene rings is 1. The van der Waals surface area contributed by atoms with Crippen LogP contribution in [0, 0.1) is 10.1 Å². The van der Waals surface area contributed by atoms with Gasteiger partial charge in [0.15, 0.2) is 0 Å². The van der Waals surface area contributed by atoms with Crippen LogP contribution >= 0.6 is 0 Å². The number of likely N-dealkylation sites (N-methyl/N-ethyl adjacent to an activating group) is 1.